The maximum atomic E-state index is 11.5. The topological polar surface area (TPSA) is 82.8 Å². The normalized spacial score (nSPS) is 14.4. The first-order valence-electron chi connectivity index (χ1n) is 7.14. The second-order valence-corrected chi connectivity index (χ2v) is 5.32. The Labute approximate surface area is 122 Å². The molecular weight excluding hydrogens is 260 g/mol. The summed E-state index contributed by atoms with van der Waals surface area (Å²) in [6.07, 6.45) is 1.39. The number of hydrogen-bond acceptors (Lipinski definition) is 5. The highest BCUT2D eigenvalue weighted by atomic mass is 16.5. The fraction of sp³-hybridized carbons (Fsp3) is 0.929. The number of nitrogens with one attached hydrogen (secondary N) is 1. The van der Waals surface area contributed by atoms with Crippen LogP contribution in [0.1, 0.15) is 33.6 Å². The Morgan fingerprint density at radius 3 is 2.25 bits per heavy atom. The molecule has 120 valence electrons. The van der Waals surface area contributed by atoms with Crippen LogP contribution in [0.2, 0.25) is 0 Å². The summed E-state index contributed by atoms with van der Waals surface area (Å²) in [6, 6.07) is 0.196. The molecule has 0 aliphatic carbocycles. The van der Waals surface area contributed by atoms with Gasteiger partial charge in [-0.05, 0) is 33.6 Å². The summed E-state index contributed by atoms with van der Waals surface area (Å²) in [7, 11) is 1.65. The third kappa shape index (κ3) is 9.25. The maximum Gasteiger partial charge on any atom is 0.237 e. The fourth-order valence-corrected chi connectivity index (χ4v) is 1.79. The molecule has 0 aromatic carbocycles. The van der Waals surface area contributed by atoms with Crippen molar-refractivity contribution >= 4 is 5.91 Å². The number of primary amides is 1. The summed E-state index contributed by atoms with van der Waals surface area (Å²) >= 11 is 0. The number of methoxy groups -OCH3 is 1. The molecule has 0 saturated heterocycles. The first-order valence-corrected chi connectivity index (χ1v) is 7.14. The van der Waals surface area contributed by atoms with E-state index in [0.29, 0.717) is 39.5 Å². The highest BCUT2D eigenvalue weighted by Crippen LogP contribution is 2.10. The first-order chi connectivity index (χ1) is 9.42. The second kappa shape index (κ2) is 11.0. The highest BCUT2D eigenvalue weighted by Gasteiger charge is 2.30. The number of carbonyl (C=O) groups excluding carboxylic acids is 1. The van der Waals surface area contributed by atoms with Crippen molar-refractivity contribution in [2.24, 2.45) is 5.73 Å². The molecule has 1 amide bonds. The average molecular weight is 290 g/mol. The Hall–Kier alpha value is -0.690. The largest absolute Gasteiger partial charge is 0.382 e. The molecular formula is C14H30N2O4. The predicted molar refractivity (Wildman–Crippen MR) is 78.6 cm³/mol. The minimum Gasteiger partial charge on any atom is -0.382 e. The summed E-state index contributed by atoms with van der Waals surface area (Å²) in [5.41, 5.74) is 4.72. The van der Waals surface area contributed by atoms with Gasteiger partial charge in [-0.2, -0.15) is 0 Å². The van der Waals surface area contributed by atoms with Gasteiger partial charge in [0.2, 0.25) is 5.91 Å². The molecule has 0 aliphatic rings. The molecule has 1 unspecified atom stereocenters. The number of rotatable bonds is 13. The summed E-state index contributed by atoms with van der Waals surface area (Å²) in [5.74, 6) is -0.349. The van der Waals surface area contributed by atoms with Gasteiger partial charge in [0.15, 0.2) is 0 Å². The van der Waals surface area contributed by atoms with Gasteiger partial charge in [0.25, 0.3) is 0 Å². The molecule has 1 atom stereocenters. The van der Waals surface area contributed by atoms with E-state index in [0.717, 1.165) is 6.42 Å². The standard InChI is InChI=1S/C14H30N2O4/c1-12(2)16-14(3,13(15)17)6-9-19-7-5-8-20-11-10-18-4/h12,16H,5-11H2,1-4H3,(H2,15,17). The highest BCUT2D eigenvalue weighted by molar-refractivity contribution is 5.84. The Kier molecular flexibility index (Phi) is 10.6. The third-order valence-corrected chi connectivity index (χ3v) is 2.91. The molecule has 0 saturated carbocycles. The van der Waals surface area contributed by atoms with Crippen LogP contribution < -0.4 is 11.1 Å². The van der Waals surface area contributed by atoms with E-state index in [4.69, 9.17) is 19.9 Å². The van der Waals surface area contributed by atoms with E-state index in [9.17, 15) is 4.79 Å². The molecule has 6 nitrogen and oxygen atoms in total. The monoisotopic (exact) mass is 290 g/mol. The lowest BCUT2D eigenvalue weighted by Gasteiger charge is -2.29. The van der Waals surface area contributed by atoms with E-state index in [1.54, 1.807) is 7.11 Å². The molecule has 0 heterocycles. The minimum absolute atomic E-state index is 0.196. The second-order valence-electron chi connectivity index (χ2n) is 5.32. The smallest absolute Gasteiger partial charge is 0.237 e. The third-order valence-electron chi connectivity index (χ3n) is 2.91. The van der Waals surface area contributed by atoms with Gasteiger partial charge in [-0.3, -0.25) is 4.79 Å². The lowest BCUT2D eigenvalue weighted by atomic mass is 9.96. The van der Waals surface area contributed by atoms with Crippen molar-refractivity contribution in [2.75, 3.05) is 40.1 Å². The fourth-order valence-electron chi connectivity index (χ4n) is 1.79. The molecule has 0 radical (unpaired) electrons. The van der Waals surface area contributed by atoms with Gasteiger partial charge in [-0.15, -0.1) is 0 Å². The van der Waals surface area contributed by atoms with Crippen LogP contribution in [0.3, 0.4) is 0 Å². The van der Waals surface area contributed by atoms with Crippen LogP contribution in [0.15, 0.2) is 0 Å². The Balaban J connectivity index is 3.67. The average Bonchev–Trinajstić information content (AvgIpc) is 2.35. The van der Waals surface area contributed by atoms with E-state index in [2.05, 4.69) is 5.32 Å². The maximum absolute atomic E-state index is 11.5. The summed E-state index contributed by atoms with van der Waals surface area (Å²) in [5, 5.41) is 3.19. The Morgan fingerprint density at radius 2 is 1.75 bits per heavy atom. The van der Waals surface area contributed by atoms with Gasteiger partial charge in [0.05, 0.1) is 18.8 Å². The molecule has 0 bridgehead atoms. The Bertz CT molecular complexity index is 262. The van der Waals surface area contributed by atoms with Crippen LogP contribution in [-0.2, 0) is 19.0 Å². The van der Waals surface area contributed by atoms with Crippen molar-refractivity contribution < 1.29 is 19.0 Å². The van der Waals surface area contributed by atoms with E-state index in [1.807, 2.05) is 20.8 Å². The lowest BCUT2D eigenvalue weighted by Crippen LogP contribution is -2.56. The zero-order valence-electron chi connectivity index (χ0n) is 13.2. The van der Waals surface area contributed by atoms with Crippen LogP contribution in [0.5, 0.6) is 0 Å². The number of amides is 1. The molecule has 0 aliphatic heterocycles. The molecule has 0 spiro atoms. The van der Waals surface area contributed by atoms with Gasteiger partial charge in [0, 0.05) is 33.0 Å². The van der Waals surface area contributed by atoms with Gasteiger partial charge in [0.1, 0.15) is 0 Å². The zero-order valence-corrected chi connectivity index (χ0v) is 13.2. The van der Waals surface area contributed by atoms with Crippen molar-refractivity contribution in [1.82, 2.24) is 5.32 Å². The number of nitrogens with two attached hydrogens (primary N) is 1. The summed E-state index contributed by atoms with van der Waals surface area (Å²) in [4.78, 5) is 11.5. The van der Waals surface area contributed by atoms with Crippen LogP contribution in [0.25, 0.3) is 0 Å². The van der Waals surface area contributed by atoms with Crippen molar-refractivity contribution in [2.45, 2.75) is 45.2 Å². The molecule has 20 heavy (non-hydrogen) atoms. The van der Waals surface area contributed by atoms with E-state index >= 15 is 0 Å². The molecule has 0 fully saturated rings. The lowest BCUT2D eigenvalue weighted by molar-refractivity contribution is -0.124. The van der Waals surface area contributed by atoms with Gasteiger partial charge < -0.3 is 25.3 Å². The van der Waals surface area contributed by atoms with Crippen LogP contribution in [0.4, 0.5) is 0 Å². The van der Waals surface area contributed by atoms with Gasteiger partial charge >= 0.3 is 0 Å². The van der Waals surface area contributed by atoms with E-state index < -0.39 is 5.54 Å². The molecule has 6 heteroatoms. The first kappa shape index (κ1) is 19.3. The van der Waals surface area contributed by atoms with Gasteiger partial charge in [-0.1, -0.05) is 0 Å². The number of carbonyl (C=O) groups is 1. The van der Waals surface area contributed by atoms with Crippen LogP contribution >= 0.6 is 0 Å². The molecule has 0 rings (SSSR count). The van der Waals surface area contributed by atoms with Crippen molar-refractivity contribution in [3.8, 4) is 0 Å². The Morgan fingerprint density at radius 1 is 1.15 bits per heavy atom. The molecule has 0 aromatic heterocycles. The van der Waals surface area contributed by atoms with Crippen molar-refractivity contribution in [3.05, 3.63) is 0 Å². The van der Waals surface area contributed by atoms with E-state index in [-0.39, 0.29) is 11.9 Å². The number of hydrogen-bond donors (Lipinski definition) is 2. The van der Waals surface area contributed by atoms with Gasteiger partial charge in [-0.25, -0.2) is 0 Å². The molecule has 0 aromatic rings. The van der Waals surface area contributed by atoms with Crippen molar-refractivity contribution in [3.63, 3.8) is 0 Å². The molecule has 3 N–H and O–H groups in total. The number of ether oxygens (including phenoxy) is 3. The minimum atomic E-state index is -0.719. The van der Waals surface area contributed by atoms with Crippen molar-refractivity contribution in [1.29, 1.82) is 0 Å². The van der Waals surface area contributed by atoms with E-state index in [1.165, 1.54) is 0 Å². The SMILES string of the molecule is COCCOCCCOCCC(C)(NC(C)C)C(N)=O. The summed E-state index contributed by atoms with van der Waals surface area (Å²) < 4.78 is 15.7. The zero-order chi connectivity index (χ0) is 15.4. The summed E-state index contributed by atoms with van der Waals surface area (Å²) in [6.45, 7) is 8.76. The van der Waals surface area contributed by atoms with Crippen LogP contribution in [0, 0.1) is 0 Å². The predicted octanol–water partition coefficient (Wildman–Crippen LogP) is 0.688. The van der Waals surface area contributed by atoms with Crippen LogP contribution in [-0.4, -0.2) is 57.6 Å². The quantitative estimate of drug-likeness (QED) is 0.488.